The highest BCUT2D eigenvalue weighted by molar-refractivity contribution is 9.10. The number of benzene rings is 2. The molecule has 1 N–H and O–H groups in total. The topological polar surface area (TPSA) is 93.6 Å². The molecule has 11 heteroatoms. The minimum absolute atomic E-state index is 0.192. The average Bonchev–Trinajstić information content (AvgIpc) is 2.82. The molecule has 1 aliphatic rings. The van der Waals surface area contributed by atoms with Gasteiger partial charge in [-0.15, -0.1) is 0 Å². The average molecular weight is 551 g/mol. The van der Waals surface area contributed by atoms with E-state index in [0.717, 1.165) is 5.56 Å². The number of sulfonamides is 1. The van der Waals surface area contributed by atoms with Crippen molar-refractivity contribution in [3.63, 3.8) is 0 Å². The molecule has 33 heavy (non-hydrogen) atoms. The minimum atomic E-state index is -3.77. The summed E-state index contributed by atoms with van der Waals surface area (Å²) in [4.78, 5) is 12.0. The molecule has 0 aliphatic carbocycles. The van der Waals surface area contributed by atoms with E-state index in [-0.39, 0.29) is 4.90 Å². The second-order valence-electron chi connectivity index (χ2n) is 7.31. The van der Waals surface area contributed by atoms with E-state index in [9.17, 15) is 8.42 Å². The van der Waals surface area contributed by atoms with Gasteiger partial charge in [0, 0.05) is 24.2 Å². The van der Waals surface area contributed by atoms with Crippen LogP contribution in [0.5, 0.6) is 5.75 Å². The van der Waals surface area contributed by atoms with Crippen LogP contribution >= 0.6 is 27.7 Å². The minimum Gasteiger partial charge on any atom is -0.497 e. The quantitative estimate of drug-likeness (QED) is 0.434. The Bertz CT molecular complexity index is 1230. The molecule has 3 aromatic rings. The maximum atomic E-state index is 13.0. The molecule has 0 atom stereocenters. The summed E-state index contributed by atoms with van der Waals surface area (Å²) in [6.07, 6.45) is 1.70. The molecule has 4 rings (SSSR count). The van der Waals surface area contributed by atoms with Gasteiger partial charge in [-0.1, -0.05) is 29.5 Å². The third kappa shape index (κ3) is 5.78. The van der Waals surface area contributed by atoms with Crippen LogP contribution < -0.4 is 14.4 Å². The van der Waals surface area contributed by atoms with Crippen LogP contribution in [0.2, 0.25) is 0 Å². The highest BCUT2D eigenvalue weighted by Gasteiger charge is 2.20. The predicted molar refractivity (Wildman–Crippen MR) is 132 cm³/mol. The lowest BCUT2D eigenvalue weighted by molar-refractivity contribution is 0.122. The van der Waals surface area contributed by atoms with E-state index < -0.39 is 10.0 Å². The van der Waals surface area contributed by atoms with Crippen molar-refractivity contribution in [3.8, 4) is 5.75 Å². The molecule has 2 aromatic carbocycles. The summed E-state index contributed by atoms with van der Waals surface area (Å²) in [5.74, 6) is 1.21. The molecule has 0 bridgehead atoms. The number of rotatable bonds is 7. The van der Waals surface area contributed by atoms with Crippen molar-refractivity contribution >= 4 is 49.4 Å². The predicted octanol–water partition coefficient (Wildman–Crippen LogP) is 4.34. The highest BCUT2D eigenvalue weighted by Crippen LogP contribution is 2.39. The van der Waals surface area contributed by atoms with Crippen molar-refractivity contribution in [2.45, 2.75) is 21.7 Å². The number of nitrogens with one attached hydrogen (secondary N) is 1. The summed E-state index contributed by atoms with van der Waals surface area (Å²) in [5, 5.41) is 0.663. The number of aromatic nitrogens is 2. The third-order valence-corrected chi connectivity index (χ3v) is 8.25. The van der Waals surface area contributed by atoms with Gasteiger partial charge >= 0.3 is 0 Å². The van der Waals surface area contributed by atoms with Crippen molar-refractivity contribution in [1.29, 1.82) is 0 Å². The second kappa shape index (κ2) is 10.3. The molecular weight excluding hydrogens is 528 g/mol. The van der Waals surface area contributed by atoms with Crippen LogP contribution in [-0.4, -0.2) is 51.8 Å². The highest BCUT2D eigenvalue weighted by atomic mass is 79.9. The normalized spacial score (nSPS) is 14.2. The number of ether oxygens (including phenoxy) is 2. The fourth-order valence-electron chi connectivity index (χ4n) is 3.15. The largest absolute Gasteiger partial charge is 0.497 e. The van der Waals surface area contributed by atoms with E-state index in [1.165, 1.54) is 11.8 Å². The Labute approximate surface area is 205 Å². The maximum absolute atomic E-state index is 13.0. The van der Waals surface area contributed by atoms with Gasteiger partial charge in [0.05, 0.1) is 35.4 Å². The fourth-order valence-corrected chi connectivity index (χ4v) is 5.62. The lowest BCUT2D eigenvalue weighted by atomic mass is 10.2. The summed E-state index contributed by atoms with van der Waals surface area (Å²) < 4.78 is 40.2. The van der Waals surface area contributed by atoms with E-state index in [0.29, 0.717) is 58.1 Å². The Balaban J connectivity index is 1.66. The van der Waals surface area contributed by atoms with Gasteiger partial charge in [-0.3, -0.25) is 4.72 Å². The molecule has 174 valence electrons. The van der Waals surface area contributed by atoms with Crippen LogP contribution in [0.15, 0.2) is 68.0 Å². The van der Waals surface area contributed by atoms with Crippen LogP contribution in [-0.2, 0) is 14.8 Å². The van der Waals surface area contributed by atoms with Crippen molar-refractivity contribution in [2.24, 2.45) is 0 Å². The molecule has 1 aromatic heterocycles. The van der Waals surface area contributed by atoms with Gasteiger partial charge in [0.15, 0.2) is 0 Å². The Kier molecular flexibility index (Phi) is 7.42. The molecule has 0 saturated carbocycles. The van der Waals surface area contributed by atoms with Gasteiger partial charge in [0.2, 0.25) is 5.95 Å². The number of halogens is 1. The number of aryl methyl sites for hydroxylation is 1. The molecular formula is C22H23BrN4O4S2. The molecule has 0 radical (unpaired) electrons. The van der Waals surface area contributed by atoms with E-state index in [1.54, 1.807) is 55.8 Å². The summed E-state index contributed by atoms with van der Waals surface area (Å²) >= 11 is 4.84. The zero-order valence-electron chi connectivity index (χ0n) is 18.1. The first-order valence-electron chi connectivity index (χ1n) is 10.2. The lowest BCUT2D eigenvalue weighted by Crippen LogP contribution is -2.37. The van der Waals surface area contributed by atoms with Crippen molar-refractivity contribution in [2.75, 3.05) is 43.0 Å². The van der Waals surface area contributed by atoms with Gasteiger partial charge in [-0.25, -0.2) is 18.4 Å². The SMILES string of the molecule is COc1ccc(NS(=O)(=O)c2ccc(C)cc2)c(Sc2nc(N3CCOCC3)ncc2Br)c1. The number of hydrogen-bond donors (Lipinski definition) is 1. The third-order valence-electron chi connectivity index (χ3n) is 4.96. The first kappa shape index (κ1) is 23.8. The summed E-state index contributed by atoms with van der Waals surface area (Å²) in [5.41, 5.74) is 1.42. The van der Waals surface area contributed by atoms with Crippen LogP contribution in [0, 0.1) is 6.92 Å². The van der Waals surface area contributed by atoms with Crippen LogP contribution in [0.25, 0.3) is 0 Å². The molecule has 2 heterocycles. The van der Waals surface area contributed by atoms with E-state index in [4.69, 9.17) is 14.5 Å². The maximum Gasteiger partial charge on any atom is 0.261 e. The number of anilines is 2. The molecule has 0 spiro atoms. The molecule has 1 fully saturated rings. The lowest BCUT2D eigenvalue weighted by Gasteiger charge is -2.27. The number of methoxy groups -OCH3 is 1. The van der Waals surface area contributed by atoms with Gasteiger partial charge in [0.25, 0.3) is 10.0 Å². The first-order chi connectivity index (χ1) is 15.9. The molecule has 0 unspecified atom stereocenters. The standard InChI is InChI=1S/C22H23BrN4O4S2/c1-15-3-6-17(7-4-15)33(28,29)26-19-8-5-16(30-2)13-20(19)32-21-18(23)14-24-22(25-21)27-9-11-31-12-10-27/h3-8,13-14,26H,9-12H2,1-2H3. The Morgan fingerprint density at radius 3 is 2.58 bits per heavy atom. The van der Waals surface area contributed by atoms with E-state index >= 15 is 0 Å². The van der Waals surface area contributed by atoms with Gasteiger partial charge in [-0.05, 0) is 53.2 Å². The van der Waals surface area contributed by atoms with Crippen LogP contribution in [0.1, 0.15) is 5.56 Å². The van der Waals surface area contributed by atoms with E-state index in [1.807, 2.05) is 6.92 Å². The van der Waals surface area contributed by atoms with Crippen molar-refractivity contribution in [1.82, 2.24) is 9.97 Å². The molecule has 1 saturated heterocycles. The Morgan fingerprint density at radius 2 is 1.88 bits per heavy atom. The summed E-state index contributed by atoms with van der Waals surface area (Å²) in [7, 11) is -2.20. The van der Waals surface area contributed by atoms with Gasteiger partial charge in [0.1, 0.15) is 10.8 Å². The Hall–Kier alpha value is -2.34. The Morgan fingerprint density at radius 1 is 1.15 bits per heavy atom. The van der Waals surface area contributed by atoms with Crippen LogP contribution in [0.4, 0.5) is 11.6 Å². The van der Waals surface area contributed by atoms with Gasteiger partial charge < -0.3 is 14.4 Å². The number of hydrogen-bond acceptors (Lipinski definition) is 8. The zero-order chi connectivity index (χ0) is 23.4. The first-order valence-corrected chi connectivity index (χ1v) is 13.3. The smallest absolute Gasteiger partial charge is 0.261 e. The monoisotopic (exact) mass is 550 g/mol. The number of nitrogens with zero attached hydrogens (tertiary/aromatic N) is 3. The summed E-state index contributed by atoms with van der Waals surface area (Å²) in [6.45, 7) is 4.59. The molecule has 1 aliphatic heterocycles. The number of morpholine rings is 1. The fraction of sp³-hybridized carbons (Fsp3) is 0.273. The van der Waals surface area contributed by atoms with E-state index in [2.05, 4.69) is 30.5 Å². The second-order valence-corrected chi connectivity index (χ2v) is 10.9. The van der Waals surface area contributed by atoms with Crippen molar-refractivity contribution in [3.05, 3.63) is 58.7 Å². The summed E-state index contributed by atoms with van der Waals surface area (Å²) in [6, 6.07) is 11.9. The van der Waals surface area contributed by atoms with Gasteiger partial charge in [-0.2, -0.15) is 0 Å². The zero-order valence-corrected chi connectivity index (χ0v) is 21.3. The van der Waals surface area contributed by atoms with Crippen LogP contribution in [0.3, 0.4) is 0 Å². The molecule has 0 amide bonds. The van der Waals surface area contributed by atoms with Crippen molar-refractivity contribution < 1.29 is 17.9 Å². The molecule has 8 nitrogen and oxygen atoms in total.